The van der Waals surface area contributed by atoms with E-state index in [1.165, 1.54) is 0 Å². The molecule has 0 aromatic heterocycles. The first-order valence-electron chi connectivity index (χ1n) is 7.58. The predicted octanol–water partition coefficient (Wildman–Crippen LogP) is 2.58. The van der Waals surface area contributed by atoms with Crippen LogP contribution in [-0.2, 0) is 0 Å². The van der Waals surface area contributed by atoms with Crippen LogP contribution in [0.15, 0.2) is 29.3 Å². The smallest absolute Gasteiger partial charge is 0.189 e. The fourth-order valence-corrected chi connectivity index (χ4v) is 2.42. The highest BCUT2D eigenvalue weighted by molar-refractivity contribution is 14.0. The van der Waals surface area contributed by atoms with Crippen LogP contribution in [0.2, 0.25) is 0 Å². The molecular formula is C16H26IN3O2. The van der Waals surface area contributed by atoms with Gasteiger partial charge in [0.2, 0.25) is 0 Å². The van der Waals surface area contributed by atoms with Crippen molar-refractivity contribution in [1.29, 1.82) is 0 Å². The second-order valence-electron chi connectivity index (χ2n) is 5.50. The molecule has 1 heterocycles. The molecule has 2 rings (SSSR count). The summed E-state index contributed by atoms with van der Waals surface area (Å²) in [5, 5.41) is 13.5. The number of nitrogens with two attached hydrogens (primary N) is 1. The number of halogens is 1. The number of benzene rings is 1. The molecule has 124 valence electrons. The molecular weight excluding hydrogens is 393 g/mol. The molecule has 1 atom stereocenters. The fraction of sp³-hybridized carbons (Fsp3) is 0.562. The van der Waals surface area contributed by atoms with Gasteiger partial charge < -0.3 is 20.9 Å². The number of hydrogen-bond donors (Lipinski definition) is 3. The van der Waals surface area contributed by atoms with Crippen molar-refractivity contribution < 1.29 is 9.84 Å². The predicted molar refractivity (Wildman–Crippen MR) is 99.9 cm³/mol. The summed E-state index contributed by atoms with van der Waals surface area (Å²) in [6, 6.07) is 8.05. The van der Waals surface area contributed by atoms with E-state index < -0.39 is 5.60 Å². The van der Waals surface area contributed by atoms with Crippen LogP contribution in [0.25, 0.3) is 0 Å². The summed E-state index contributed by atoms with van der Waals surface area (Å²) in [7, 11) is 0. The van der Waals surface area contributed by atoms with E-state index in [0.29, 0.717) is 32.0 Å². The first-order valence-corrected chi connectivity index (χ1v) is 7.58. The number of hydrogen-bond acceptors (Lipinski definition) is 3. The van der Waals surface area contributed by atoms with Crippen molar-refractivity contribution in [3.8, 4) is 5.75 Å². The van der Waals surface area contributed by atoms with Gasteiger partial charge in [-0.1, -0.05) is 32.0 Å². The van der Waals surface area contributed by atoms with Crippen molar-refractivity contribution in [3.63, 3.8) is 0 Å². The Hall–Kier alpha value is -1.02. The lowest BCUT2D eigenvalue weighted by Gasteiger charge is -2.27. The summed E-state index contributed by atoms with van der Waals surface area (Å²) in [6.07, 6.45) is 2.18. The summed E-state index contributed by atoms with van der Waals surface area (Å²) in [4.78, 5) is 4.30. The standard InChI is InChI=1S/C16H25N3O2.HI/c1-3-16(20,4-2)11-18-15(17)19-13-9-10-21-14-8-6-5-7-12(13)14;/h5-8,13,20H,3-4,9-11H2,1-2H3,(H3,17,18,19);1H. The summed E-state index contributed by atoms with van der Waals surface area (Å²) < 4.78 is 5.62. The van der Waals surface area contributed by atoms with Gasteiger partial charge >= 0.3 is 0 Å². The highest BCUT2D eigenvalue weighted by Crippen LogP contribution is 2.31. The molecule has 1 aliphatic rings. The van der Waals surface area contributed by atoms with Gasteiger partial charge in [-0.3, -0.25) is 4.99 Å². The molecule has 4 N–H and O–H groups in total. The zero-order valence-electron chi connectivity index (χ0n) is 13.2. The van der Waals surface area contributed by atoms with Crippen LogP contribution in [-0.4, -0.2) is 29.8 Å². The second kappa shape index (κ2) is 8.57. The average molecular weight is 419 g/mol. The van der Waals surface area contributed by atoms with Crippen LogP contribution >= 0.6 is 24.0 Å². The third kappa shape index (κ3) is 4.74. The van der Waals surface area contributed by atoms with E-state index in [2.05, 4.69) is 10.3 Å². The van der Waals surface area contributed by atoms with Crippen LogP contribution in [0, 0.1) is 0 Å². The molecule has 1 aromatic rings. The van der Waals surface area contributed by atoms with Gasteiger partial charge in [-0.2, -0.15) is 0 Å². The molecule has 0 saturated heterocycles. The lowest BCUT2D eigenvalue weighted by Crippen LogP contribution is -2.39. The van der Waals surface area contributed by atoms with Crippen molar-refractivity contribution in [2.24, 2.45) is 10.7 Å². The zero-order valence-corrected chi connectivity index (χ0v) is 15.5. The largest absolute Gasteiger partial charge is 0.493 e. The van der Waals surface area contributed by atoms with Gasteiger partial charge in [-0.25, -0.2) is 0 Å². The Bertz CT molecular complexity index is 504. The molecule has 0 fully saturated rings. The minimum atomic E-state index is -0.764. The molecule has 0 bridgehead atoms. The Morgan fingerprint density at radius 2 is 2.09 bits per heavy atom. The molecule has 1 aliphatic heterocycles. The molecule has 5 nitrogen and oxygen atoms in total. The van der Waals surface area contributed by atoms with Gasteiger partial charge in [0, 0.05) is 12.0 Å². The highest BCUT2D eigenvalue weighted by atomic mass is 127. The van der Waals surface area contributed by atoms with Crippen LogP contribution in [0.4, 0.5) is 0 Å². The maximum Gasteiger partial charge on any atom is 0.189 e. The van der Waals surface area contributed by atoms with Crippen molar-refractivity contribution in [2.45, 2.75) is 44.8 Å². The average Bonchev–Trinajstić information content (AvgIpc) is 2.53. The van der Waals surface area contributed by atoms with Gasteiger partial charge in [0.1, 0.15) is 5.75 Å². The third-order valence-electron chi connectivity index (χ3n) is 4.14. The molecule has 0 aliphatic carbocycles. The topological polar surface area (TPSA) is 79.9 Å². The molecule has 0 radical (unpaired) electrons. The van der Waals surface area contributed by atoms with Crippen molar-refractivity contribution in [2.75, 3.05) is 13.2 Å². The number of para-hydroxylation sites is 1. The SMILES string of the molecule is CCC(O)(CC)CN=C(N)NC1CCOc2ccccc21.I. The van der Waals surface area contributed by atoms with E-state index in [-0.39, 0.29) is 30.0 Å². The Labute approximate surface area is 149 Å². The maximum atomic E-state index is 10.2. The number of guanidine groups is 1. The van der Waals surface area contributed by atoms with E-state index in [1.807, 2.05) is 38.1 Å². The molecule has 0 spiro atoms. The number of aliphatic hydroxyl groups is 1. The second-order valence-corrected chi connectivity index (χ2v) is 5.50. The van der Waals surface area contributed by atoms with Crippen LogP contribution < -0.4 is 15.8 Å². The zero-order chi connectivity index (χ0) is 15.3. The third-order valence-corrected chi connectivity index (χ3v) is 4.14. The molecule has 6 heteroatoms. The summed E-state index contributed by atoms with van der Waals surface area (Å²) in [5.74, 6) is 1.27. The lowest BCUT2D eigenvalue weighted by molar-refractivity contribution is 0.0418. The maximum absolute atomic E-state index is 10.2. The van der Waals surface area contributed by atoms with E-state index in [4.69, 9.17) is 10.5 Å². The van der Waals surface area contributed by atoms with Crippen LogP contribution in [0.5, 0.6) is 5.75 Å². The van der Waals surface area contributed by atoms with Gasteiger partial charge in [-0.15, -0.1) is 24.0 Å². The number of fused-ring (bicyclic) bond motifs is 1. The number of nitrogens with one attached hydrogen (secondary N) is 1. The van der Waals surface area contributed by atoms with E-state index in [1.54, 1.807) is 0 Å². The normalized spacial score (nSPS) is 18.0. The Kier molecular flexibility index (Phi) is 7.41. The van der Waals surface area contributed by atoms with E-state index in [0.717, 1.165) is 17.7 Å². The van der Waals surface area contributed by atoms with Crippen molar-refractivity contribution in [3.05, 3.63) is 29.8 Å². The van der Waals surface area contributed by atoms with Gasteiger partial charge in [0.25, 0.3) is 0 Å². The molecule has 0 amide bonds. The van der Waals surface area contributed by atoms with Crippen molar-refractivity contribution in [1.82, 2.24) is 5.32 Å². The quantitative estimate of drug-likeness (QED) is 0.390. The number of aliphatic imine (C=N–C) groups is 1. The van der Waals surface area contributed by atoms with E-state index in [9.17, 15) is 5.11 Å². The Balaban J connectivity index is 0.00000242. The molecule has 1 aromatic carbocycles. The fourth-order valence-electron chi connectivity index (χ4n) is 2.42. The Morgan fingerprint density at radius 1 is 1.41 bits per heavy atom. The van der Waals surface area contributed by atoms with Gasteiger partial charge in [-0.05, 0) is 18.9 Å². The number of rotatable bonds is 5. The summed E-state index contributed by atoms with van der Waals surface area (Å²) in [6.45, 7) is 4.90. The number of nitrogens with zero attached hydrogens (tertiary/aromatic N) is 1. The highest BCUT2D eigenvalue weighted by Gasteiger charge is 2.23. The minimum absolute atomic E-state index is 0. The van der Waals surface area contributed by atoms with Gasteiger partial charge in [0.15, 0.2) is 5.96 Å². The first-order chi connectivity index (χ1) is 10.1. The Morgan fingerprint density at radius 3 is 2.77 bits per heavy atom. The van der Waals surface area contributed by atoms with Crippen molar-refractivity contribution >= 4 is 29.9 Å². The van der Waals surface area contributed by atoms with E-state index >= 15 is 0 Å². The van der Waals surface area contributed by atoms with Crippen LogP contribution in [0.1, 0.15) is 44.7 Å². The summed E-state index contributed by atoms with van der Waals surface area (Å²) in [5.41, 5.74) is 6.30. The summed E-state index contributed by atoms with van der Waals surface area (Å²) >= 11 is 0. The van der Waals surface area contributed by atoms with Gasteiger partial charge in [0.05, 0.1) is 24.8 Å². The van der Waals surface area contributed by atoms with Crippen LogP contribution in [0.3, 0.4) is 0 Å². The lowest BCUT2D eigenvalue weighted by atomic mass is 9.98. The number of ether oxygens (including phenoxy) is 1. The minimum Gasteiger partial charge on any atom is -0.493 e. The monoisotopic (exact) mass is 419 g/mol. The first kappa shape index (κ1) is 19.0. The molecule has 0 saturated carbocycles. The molecule has 22 heavy (non-hydrogen) atoms. The molecule has 1 unspecified atom stereocenters.